The smallest absolute Gasteiger partial charge is 0.410 e. The summed E-state index contributed by atoms with van der Waals surface area (Å²) in [4.78, 5) is 43.9. The van der Waals surface area contributed by atoms with Gasteiger partial charge < -0.3 is 19.3 Å². The Bertz CT molecular complexity index is 1470. The first-order valence-electron chi connectivity index (χ1n) is 13.8. The van der Waals surface area contributed by atoms with E-state index in [-0.39, 0.29) is 24.1 Å². The third kappa shape index (κ3) is 6.20. The van der Waals surface area contributed by atoms with Crippen molar-refractivity contribution in [2.75, 3.05) is 51.8 Å². The fourth-order valence-corrected chi connectivity index (χ4v) is 6.08. The van der Waals surface area contributed by atoms with Gasteiger partial charge in [-0.2, -0.15) is 5.10 Å². The first-order valence-corrected chi connectivity index (χ1v) is 14.2. The molecule has 0 radical (unpaired) electrons. The summed E-state index contributed by atoms with van der Waals surface area (Å²) in [6.07, 6.45) is 0.792. The molecular weight excluding hydrogens is 565 g/mol. The molecule has 10 nitrogen and oxygen atoms in total. The van der Waals surface area contributed by atoms with E-state index < -0.39 is 23.7 Å². The van der Waals surface area contributed by atoms with Crippen molar-refractivity contribution in [3.63, 3.8) is 0 Å². The molecule has 1 unspecified atom stereocenters. The van der Waals surface area contributed by atoms with Gasteiger partial charge in [-0.3, -0.25) is 14.5 Å². The number of nitrogens with zero attached hydrogens (tertiary/aromatic N) is 4. The number of aromatic amines is 1. The van der Waals surface area contributed by atoms with Crippen molar-refractivity contribution in [3.05, 3.63) is 86.9 Å². The number of H-pyrrole nitrogens is 1. The molecule has 5 rings (SSSR count). The van der Waals surface area contributed by atoms with E-state index in [4.69, 9.17) is 21.1 Å². The van der Waals surface area contributed by atoms with Crippen LogP contribution in [0.4, 0.5) is 15.0 Å². The fraction of sp³-hybridized carbons (Fsp3) is 0.400. The van der Waals surface area contributed by atoms with E-state index in [1.807, 2.05) is 17.0 Å². The molecule has 2 aromatic carbocycles. The molecule has 0 bridgehead atoms. The minimum absolute atomic E-state index is 0.128. The standard InChI is InChI=1S/C30H33ClFN5O5/c1-41-21-9-10-22(25(32)16-21)23-17-36(27-11-12-28(38)34-33-27)18-24(23)29(39)35-13-3-4-26(19-5-7-20(31)8-6-19)37(15-14-35)30(40)42-2/h5-12,16,23-24,26H,3-4,13-15,17-18H2,1-2H3,(H,34,38)/t23?,24-,26-/m1/s1. The molecule has 0 saturated carbocycles. The summed E-state index contributed by atoms with van der Waals surface area (Å²) in [5, 5.41) is 7.18. The van der Waals surface area contributed by atoms with E-state index in [9.17, 15) is 14.4 Å². The van der Waals surface area contributed by atoms with Crippen LogP contribution in [0.1, 0.15) is 35.9 Å². The Morgan fingerprint density at radius 2 is 1.81 bits per heavy atom. The Labute approximate surface area is 248 Å². The van der Waals surface area contributed by atoms with E-state index in [0.29, 0.717) is 61.2 Å². The number of aromatic nitrogens is 2. The highest BCUT2D eigenvalue weighted by Crippen LogP contribution is 2.38. The highest BCUT2D eigenvalue weighted by Gasteiger charge is 2.42. The zero-order valence-electron chi connectivity index (χ0n) is 23.5. The van der Waals surface area contributed by atoms with Crippen molar-refractivity contribution in [2.45, 2.75) is 24.8 Å². The third-order valence-corrected chi connectivity index (χ3v) is 8.35. The topological polar surface area (TPSA) is 108 Å². The minimum Gasteiger partial charge on any atom is -0.497 e. The predicted molar refractivity (Wildman–Crippen MR) is 155 cm³/mol. The van der Waals surface area contributed by atoms with Gasteiger partial charge in [0.15, 0.2) is 0 Å². The van der Waals surface area contributed by atoms with E-state index in [1.165, 1.54) is 26.4 Å². The number of hydrogen-bond donors (Lipinski definition) is 1. The quantitative estimate of drug-likeness (QED) is 0.469. The molecule has 0 aliphatic carbocycles. The number of methoxy groups -OCH3 is 2. The number of nitrogens with one attached hydrogen (secondary N) is 1. The molecule has 3 aromatic rings. The maximum absolute atomic E-state index is 15.3. The second kappa shape index (κ2) is 12.8. The second-order valence-electron chi connectivity index (χ2n) is 10.5. The highest BCUT2D eigenvalue weighted by molar-refractivity contribution is 6.30. The summed E-state index contributed by atoms with van der Waals surface area (Å²) in [6.45, 7) is 1.68. The van der Waals surface area contributed by atoms with Crippen molar-refractivity contribution < 1.29 is 23.5 Å². The lowest BCUT2D eigenvalue weighted by molar-refractivity contribution is -0.136. The molecule has 2 aliphatic heterocycles. The zero-order valence-corrected chi connectivity index (χ0v) is 24.2. The van der Waals surface area contributed by atoms with E-state index >= 15 is 4.39 Å². The van der Waals surface area contributed by atoms with Crippen molar-refractivity contribution in [3.8, 4) is 5.75 Å². The lowest BCUT2D eigenvalue weighted by Gasteiger charge is -2.37. The first-order chi connectivity index (χ1) is 20.3. The van der Waals surface area contributed by atoms with Crippen LogP contribution in [-0.2, 0) is 9.53 Å². The van der Waals surface area contributed by atoms with Gasteiger partial charge in [0.25, 0.3) is 5.56 Å². The monoisotopic (exact) mass is 597 g/mol. The van der Waals surface area contributed by atoms with Crippen LogP contribution in [0.25, 0.3) is 0 Å². The fourth-order valence-electron chi connectivity index (χ4n) is 5.95. The molecule has 1 aromatic heterocycles. The normalized spacial score (nSPS) is 21.0. The van der Waals surface area contributed by atoms with Crippen molar-refractivity contribution in [1.29, 1.82) is 0 Å². The minimum atomic E-state index is -0.584. The second-order valence-corrected chi connectivity index (χ2v) is 10.9. The van der Waals surface area contributed by atoms with Crippen LogP contribution in [0.3, 0.4) is 0 Å². The Morgan fingerprint density at radius 1 is 1.02 bits per heavy atom. The van der Waals surface area contributed by atoms with Gasteiger partial charge in [-0.25, -0.2) is 14.3 Å². The van der Waals surface area contributed by atoms with Crippen LogP contribution in [-0.4, -0.2) is 78.9 Å². The summed E-state index contributed by atoms with van der Waals surface area (Å²) in [5.41, 5.74) is 1.02. The number of rotatable bonds is 5. The van der Waals surface area contributed by atoms with Crippen molar-refractivity contribution in [2.24, 2.45) is 5.92 Å². The lowest BCUT2D eigenvalue weighted by Crippen LogP contribution is -2.47. The number of ether oxygens (including phenoxy) is 2. The SMILES string of the molecule is COC(=O)N1CCN(C(=O)[C@@H]2CN(c3ccc(=O)[nH]n3)CC2c2ccc(OC)cc2F)CCC[C@@H]1c1ccc(Cl)cc1. The van der Waals surface area contributed by atoms with Crippen molar-refractivity contribution >= 4 is 29.4 Å². The molecule has 1 N–H and O–H groups in total. The maximum Gasteiger partial charge on any atom is 0.410 e. The Balaban J connectivity index is 1.40. The largest absolute Gasteiger partial charge is 0.497 e. The van der Waals surface area contributed by atoms with Gasteiger partial charge in [-0.05, 0) is 48.2 Å². The summed E-state index contributed by atoms with van der Waals surface area (Å²) in [7, 11) is 2.81. The summed E-state index contributed by atoms with van der Waals surface area (Å²) < 4.78 is 25.6. The molecule has 2 fully saturated rings. The average molecular weight is 598 g/mol. The van der Waals surface area contributed by atoms with E-state index in [1.54, 1.807) is 40.1 Å². The summed E-state index contributed by atoms with van der Waals surface area (Å²) in [6, 6.07) is 14.8. The number of amides is 2. The van der Waals surface area contributed by atoms with Crippen LogP contribution >= 0.6 is 11.6 Å². The van der Waals surface area contributed by atoms with Crippen LogP contribution < -0.4 is 15.2 Å². The Hall–Kier alpha value is -4.12. The van der Waals surface area contributed by atoms with Gasteiger partial charge in [0.2, 0.25) is 5.91 Å². The van der Waals surface area contributed by atoms with E-state index in [0.717, 1.165) is 5.56 Å². The first kappa shape index (κ1) is 29.4. The van der Waals surface area contributed by atoms with Gasteiger partial charge in [-0.15, -0.1) is 0 Å². The molecule has 3 heterocycles. The van der Waals surface area contributed by atoms with Crippen LogP contribution in [0.5, 0.6) is 5.75 Å². The third-order valence-electron chi connectivity index (χ3n) is 8.10. The summed E-state index contributed by atoms with van der Waals surface area (Å²) in [5.74, 6) is -0.751. The van der Waals surface area contributed by atoms with Gasteiger partial charge >= 0.3 is 6.09 Å². The molecule has 12 heteroatoms. The number of anilines is 1. The van der Waals surface area contributed by atoms with Crippen LogP contribution in [0.2, 0.25) is 5.02 Å². The van der Waals surface area contributed by atoms with Gasteiger partial charge in [0, 0.05) is 55.8 Å². The number of carbonyl (C=O) groups excluding carboxylic acids is 2. The number of benzene rings is 2. The predicted octanol–water partition coefficient (Wildman–Crippen LogP) is 4.22. The van der Waals surface area contributed by atoms with Gasteiger partial charge in [0.05, 0.1) is 26.2 Å². The molecule has 0 spiro atoms. The van der Waals surface area contributed by atoms with Gasteiger partial charge in [0.1, 0.15) is 17.4 Å². The Kier molecular flexibility index (Phi) is 8.96. The Morgan fingerprint density at radius 3 is 2.48 bits per heavy atom. The summed E-state index contributed by atoms with van der Waals surface area (Å²) >= 11 is 6.09. The van der Waals surface area contributed by atoms with Crippen molar-refractivity contribution in [1.82, 2.24) is 20.0 Å². The molecule has 3 atom stereocenters. The van der Waals surface area contributed by atoms with E-state index in [2.05, 4.69) is 10.2 Å². The molecule has 2 aliphatic rings. The van der Waals surface area contributed by atoms with Crippen LogP contribution in [0.15, 0.2) is 59.4 Å². The number of halogens is 2. The average Bonchev–Trinajstić information content (AvgIpc) is 3.42. The molecule has 2 amide bonds. The zero-order chi connectivity index (χ0) is 29.8. The molecule has 42 heavy (non-hydrogen) atoms. The van der Waals surface area contributed by atoms with Crippen LogP contribution in [0, 0.1) is 11.7 Å². The van der Waals surface area contributed by atoms with Gasteiger partial charge in [-0.1, -0.05) is 29.8 Å². The maximum atomic E-state index is 15.3. The number of carbonyl (C=O) groups is 2. The molecule has 2 saturated heterocycles. The molecular formula is C30H33ClFN5O5. The lowest BCUT2D eigenvalue weighted by atomic mass is 9.87. The highest BCUT2D eigenvalue weighted by atomic mass is 35.5. The number of hydrogen-bond acceptors (Lipinski definition) is 7. The molecule has 222 valence electrons.